The van der Waals surface area contributed by atoms with Crippen LogP contribution in [0.3, 0.4) is 0 Å². The van der Waals surface area contributed by atoms with Gasteiger partial charge in [0.2, 0.25) is 11.8 Å². The molecule has 58 heavy (non-hydrogen) atoms. The van der Waals surface area contributed by atoms with Crippen LogP contribution in [-0.4, -0.2) is 93.5 Å². The van der Waals surface area contributed by atoms with Gasteiger partial charge in [0, 0.05) is 37.1 Å². The third-order valence-electron chi connectivity index (χ3n) is 10.5. The number of carbonyl (C=O) groups excluding carboxylic acids is 6. The number of hydrogen-bond acceptors (Lipinski definition) is 10. The highest BCUT2D eigenvalue weighted by atomic mass is 16.5. The Morgan fingerprint density at radius 1 is 1.00 bits per heavy atom. The standard InChI is InChI=1S/C45H64N4O9/c1-28(2)39-42(55)46-35(27-32-18-11-9-12-19-32)43(56)49-26-16-20-34(48-49)44(57)58-37(29(3)17-15-23-38(52)45(6,7)8)22-14-10-13-21-36(51)31(5)40(53)33(41(54)47-39)25-24-30(4)50/h9-15,17-19,21,23,28,31,33-37,39-40,48,51,53H,16,20,22,24-27H2,1-8H3,(H,46,55)(H,47,54)/b14-10+,21-13+,23-15+,29-17+/t31?,33?,34?,35?,36-,37-,39?,40?/m0/s1. The maximum atomic E-state index is 14.3. The number of aliphatic hydroxyl groups excluding tert-OH is 2. The second kappa shape index (κ2) is 22.4. The Kier molecular flexibility index (Phi) is 18.4. The number of carbonyl (C=O) groups is 6. The number of amides is 3. The smallest absolute Gasteiger partial charge is 0.325 e. The third kappa shape index (κ3) is 14.6. The number of cyclic esters (lactones) is 1. The molecule has 2 aliphatic heterocycles. The second-order valence-corrected chi connectivity index (χ2v) is 16.8. The number of benzene rings is 1. The van der Waals surface area contributed by atoms with Gasteiger partial charge in [-0.2, -0.15) is 0 Å². The summed E-state index contributed by atoms with van der Waals surface area (Å²) in [6.45, 7) is 14.0. The van der Waals surface area contributed by atoms with Gasteiger partial charge < -0.3 is 30.4 Å². The molecule has 5 N–H and O–H groups in total. The van der Waals surface area contributed by atoms with E-state index < -0.39 is 83.3 Å². The molecule has 0 spiro atoms. The van der Waals surface area contributed by atoms with Crippen molar-refractivity contribution in [1.82, 2.24) is 21.1 Å². The van der Waals surface area contributed by atoms with Crippen molar-refractivity contribution < 1.29 is 43.7 Å². The van der Waals surface area contributed by atoms with Crippen LogP contribution < -0.4 is 16.1 Å². The largest absolute Gasteiger partial charge is 0.456 e. The number of rotatable bonds is 9. The minimum absolute atomic E-state index is 0.00511. The molecule has 0 aliphatic carbocycles. The van der Waals surface area contributed by atoms with Crippen molar-refractivity contribution in [1.29, 1.82) is 0 Å². The van der Waals surface area contributed by atoms with Crippen LogP contribution in [0.4, 0.5) is 0 Å². The van der Waals surface area contributed by atoms with Crippen molar-refractivity contribution in [2.75, 3.05) is 6.54 Å². The van der Waals surface area contributed by atoms with E-state index in [0.29, 0.717) is 18.4 Å². The van der Waals surface area contributed by atoms with Crippen LogP contribution in [0.2, 0.25) is 0 Å². The number of aliphatic hydroxyl groups is 2. The number of hydrazine groups is 1. The highest BCUT2D eigenvalue weighted by Crippen LogP contribution is 2.24. The van der Waals surface area contributed by atoms with Gasteiger partial charge in [-0.1, -0.05) is 108 Å². The third-order valence-corrected chi connectivity index (χ3v) is 10.5. The van der Waals surface area contributed by atoms with Gasteiger partial charge in [-0.25, -0.2) is 5.43 Å². The summed E-state index contributed by atoms with van der Waals surface area (Å²) < 4.78 is 6.05. The zero-order valence-electron chi connectivity index (χ0n) is 35.3. The number of hydrogen-bond donors (Lipinski definition) is 5. The average Bonchev–Trinajstić information content (AvgIpc) is 3.17. The lowest BCUT2D eigenvalue weighted by atomic mass is 9.84. The van der Waals surface area contributed by atoms with Gasteiger partial charge in [0.05, 0.1) is 18.1 Å². The van der Waals surface area contributed by atoms with Crippen molar-refractivity contribution in [2.45, 2.75) is 130 Å². The maximum Gasteiger partial charge on any atom is 0.325 e. The van der Waals surface area contributed by atoms with Gasteiger partial charge in [-0.05, 0) is 56.2 Å². The molecule has 3 rings (SSSR count). The molecule has 1 saturated heterocycles. The van der Waals surface area contributed by atoms with E-state index in [0.717, 1.165) is 5.56 Å². The fraction of sp³-hybridized carbons (Fsp3) is 0.556. The SMILES string of the molecule is CC(=O)CCC1C(=O)NC(C(C)C)C(=O)NC(Cc2ccccc2)C(=O)N2CCCC(N2)C(=O)O[C@H](/C(C)=C/C=C/C(=O)C(C)(C)C)C/C=C/C=C/[C@H](O)C(C)C1O. The highest BCUT2D eigenvalue weighted by Gasteiger charge is 2.38. The number of allylic oxidation sites excluding steroid dienone is 5. The first-order chi connectivity index (χ1) is 27.3. The summed E-state index contributed by atoms with van der Waals surface area (Å²) in [5.74, 6) is -5.05. The van der Waals surface area contributed by atoms with Crippen LogP contribution in [0.15, 0.2) is 78.4 Å². The predicted octanol–water partition coefficient (Wildman–Crippen LogP) is 4.24. The lowest BCUT2D eigenvalue weighted by molar-refractivity contribution is -0.156. The Morgan fingerprint density at radius 3 is 2.33 bits per heavy atom. The van der Waals surface area contributed by atoms with E-state index in [1.54, 1.807) is 58.1 Å². The van der Waals surface area contributed by atoms with Gasteiger partial charge in [0.1, 0.15) is 30.0 Å². The van der Waals surface area contributed by atoms with Gasteiger partial charge in [0.15, 0.2) is 5.78 Å². The van der Waals surface area contributed by atoms with Gasteiger partial charge >= 0.3 is 5.97 Å². The summed E-state index contributed by atoms with van der Waals surface area (Å²) in [5.41, 5.74) is 3.90. The number of Topliss-reactive ketones (excluding diaryl/α,β-unsaturated/α-hetero) is 1. The van der Waals surface area contributed by atoms with Crippen LogP contribution in [0.25, 0.3) is 0 Å². The summed E-state index contributed by atoms with van der Waals surface area (Å²) in [5, 5.41) is 29.5. The van der Waals surface area contributed by atoms with Crippen LogP contribution in [0, 0.1) is 23.2 Å². The summed E-state index contributed by atoms with van der Waals surface area (Å²) in [7, 11) is 0. The molecule has 1 fully saturated rings. The lowest BCUT2D eigenvalue weighted by Crippen LogP contribution is -2.62. The molecule has 2 heterocycles. The summed E-state index contributed by atoms with van der Waals surface area (Å²) in [4.78, 5) is 80.5. The Morgan fingerprint density at radius 2 is 1.69 bits per heavy atom. The maximum absolute atomic E-state index is 14.3. The van der Waals surface area contributed by atoms with Crippen molar-refractivity contribution in [3.63, 3.8) is 0 Å². The molecular weight excluding hydrogens is 741 g/mol. The quantitative estimate of drug-likeness (QED) is 0.137. The molecule has 2 aliphatic rings. The molecule has 1 aromatic rings. The first-order valence-corrected chi connectivity index (χ1v) is 20.3. The Bertz CT molecular complexity index is 1710. The van der Waals surface area contributed by atoms with Crippen LogP contribution in [0.5, 0.6) is 0 Å². The molecule has 318 valence electrons. The van der Waals surface area contributed by atoms with Crippen molar-refractivity contribution in [3.05, 3.63) is 84.0 Å². The molecule has 0 radical (unpaired) electrons. The summed E-state index contributed by atoms with van der Waals surface area (Å²) >= 11 is 0. The molecule has 13 nitrogen and oxygen atoms in total. The first kappa shape index (κ1) is 47.7. The number of fused-ring (bicyclic) bond motifs is 2. The first-order valence-electron chi connectivity index (χ1n) is 20.3. The van der Waals surface area contributed by atoms with Gasteiger partial charge in [-0.15, -0.1) is 0 Å². The van der Waals surface area contributed by atoms with E-state index in [4.69, 9.17) is 4.74 Å². The van der Waals surface area contributed by atoms with E-state index in [9.17, 15) is 39.0 Å². The molecule has 0 saturated carbocycles. The van der Waals surface area contributed by atoms with E-state index >= 15 is 0 Å². The van der Waals surface area contributed by atoms with E-state index in [1.165, 1.54) is 24.1 Å². The molecule has 8 atom stereocenters. The Labute approximate surface area is 343 Å². The fourth-order valence-corrected chi connectivity index (χ4v) is 6.62. The highest BCUT2D eigenvalue weighted by molar-refractivity contribution is 5.94. The second-order valence-electron chi connectivity index (χ2n) is 16.8. The van der Waals surface area contributed by atoms with Crippen LogP contribution in [0.1, 0.15) is 93.1 Å². The van der Waals surface area contributed by atoms with Gasteiger partial charge in [-0.3, -0.25) is 29.0 Å². The molecule has 6 unspecified atom stereocenters. The Balaban J connectivity index is 2.07. The molecule has 13 heteroatoms. The van der Waals surface area contributed by atoms with Crippen molar-refractivity contribution >= 4 is 35.3 Å². The molecule has 0 aromatic heterocycles. The molecule has 1 aromatic carbocycles. The molecule has 3 amide bonds. The summed E-state index contributed by atoms with van der Waals surface area (Å²) in [6.07, 6.45) is 9.15. The van der Waals surface area contributed by atoms with E-state index in [1.807, 2.05) is 51.1 Å². The minimum Gasteiger partial charge on any atom is -0.456 e. The number of nitrogens with zero attached hydrogens (tertiary/aromatic N) is 1. The van der Waals surface area contributed by atoms with Gasteiger partial charge in [0.25, 0.3) is 5.91 Å². The van der Waals surface area contributed by atoms with E-state index in [-0.39, 0.29) is 43.8 Å². The van der Waals surface area contributed by atoms with Crippen molar-refractivity contribution in [3.8, 4) is 0 Å². The van der Waals surface area contributed by atoms with Crippen LogP contribution >= 0.6 is 0 Å². The Hall–Kier alpha value is -4.72. The monoisotopic (exact) mass is 804 g/mol. The average molecular weight is 805 g/mol. The van der Waals surface area contributed by atoms with E-state index in [2.05, 4.69) is 16.1 Å². The molecular formula is C45H64N4O9. The minimum atomic E-state index is -1.39. The zero-order valence-corrected chi connectivity index (χ0v) is 35.3. The fourth-order valence-electron chi connectivity index (χ4n) is 6.62. The normalized spacial score (nSPS) is 28.8. The number of ketones is 2. The zero-order chi connectivity index (χ0) is 43.2. The van der Waals surface area contributed by atoms with Crippen molar-refractivity contribution in [2.24, 2.45) is 23.2 Å². The topological polar surface area (TPSA) is 191 Å². The summed E-state index contributed by atoms with van der Waals surface area (Å²) in [6, 6.07) is 6.04. The predicted molar refractivity (Wildman–Crippen MR) is 221 cm³/mol. The van der Waals surface area contributed by atoms with Crippen LogP contribution in [-0.2, 0) is 39.9 Å². The lowest BCUT2D eigenvalue weighted by Gasteiger charge is -2.36. The number of nitrogens with one attached hydrogen (secondary N) is 3. The number of esters is 1. The number of ether oxygens (including phenoxy) is 1. The molecule has 2 bridgehead atoms.